The standard InChI is InChI=1S/C15H21NO4/c1-10(15(2,3)4)14(19)16-11-5-7-12(8-6-11)20-9-13(17)18/h5-8,10H,9H2,1-4H3,(H,16,19)(H,17,18). The molecule has 1 aromatic rings. The Labute approximate surface area is 118 Å². The number of amides is 1. The molecule has 0 aliphatic carbocycles. The highest BCUT2D eigenvalue weighted by Gasteiger charge is 2.26. The first-order chi connectivity index (χ1) is 9.20. The zero-order valence-electron chi connectivity index (χ0n) is 12.3. The lowest BCUT2D eigenvalue weighted by Crippen LogP contribution is -2.30. The summed E-state index contributed by atoms with van der Waals surface area (Å²) in [5.41, 5.74) is 0.558. The van der Waals surface area contributed by atoms with Gasteiger partial charge in [0.25, 0.3) is 0 Å². The van der Waals surface area contributed by atoms with Crippen LogP contribution in [-0.2, 0) is 9.59 Å². The number of aliphatic carboxylic acids is 1. The normalized spacial score (nSPS) is 12.6. The second kappa shape index (κ2) is 6.41. The van der Waals surface area contributed by atoms with Crippen LogP contribution in [0.3, 0.4) is 0 Å². The van der Waals surface area contributed by atoms with Gasteiger partial charge in [-0.3, -0.25) is 4.79 Å². The van der Waals surface area contributed by atoms with Gasteiger partial charge in [-0.25, -0.2) is 4.79 Å². The van der Waals surface area contributed by atoms with Gasteiger partial charge in [0.05, 0.1) is 0 Å². The minimum atomic E-state index is -1.03. The molecule has 110 valence electrons. The smallest absolute Gasteiger partial charge is 0.341 e. The second-order valence-corrected chi connectivity index (χ2v) is 5.78. The highest BCUT2D eigenvalue weighted by atomic mass is 16.5. The molecule has 0 fully saturated rings. The summed E-state index contributed by atoms with van der Waals surface area (Å²) < 4.78 is 5.02. The van der Waals surface area contributed by atoms with E-state index in [2.05, 4.69) is 5.32 Å². The molecule has 0 saturated heterocycles. The Morgan fingerprint density at radius 3 is 2.25 bits per heavy atom. The summed E-state index contributed by atoms with van der Waals surface area (Å²) in [4.78, 5) is 22.4. The van der Waals surface area contributed by atoms with E-state index in [1.807, 2.05) is 27.7 Å². The first-order valence-electron chi connectivity index (χ1n) is 6.45. The van der Waals surface area contributed by atoms with Crippen molar-refractivity contribution in [2.45, 2.75) is 27.7 Å². The quantitative estimate of drug-likeness (QED) is 0.869. The van der Waals surface area contributed by atoms with Crippen molar-refractivity contribution in [3.8, 4) is 5.75 Å². The molecule has 1 atom stereocenters. The molecule has 1 amide bonds. The first-order valence-corrected chi connectivity index (χ1v) is 6.45. The molecule has 5 heteroatoms. The number of benzene rings is 1. The van der Waals surface area contributed by atoms with Crippen LogP contribution >= 0.6 is 0 Å². The number of carboxylic acids is 1. The highest BCUT2D eigenvalue weighted by Crippen LogP contribution is 2.26. The maximum absolute atomic E-state index is 12.0. The molecule has 1 rings (SSSR count). The van der Waals surface area contributed by atoms with E-state index in [0.717, 1.165) is 0 Å². The fourth-order valence-electron chi connectivity index (χ4n) is 1.42. The van der Waals surface area contributed by atoms with Crippen molar-refractivity contribution in [2.75, 3.05) is 11.9 Å². The lowest BCUT2D eigenvalue weighted by molar-refractivity contribution is -0.139. The van der Waals surface area contributed by atoms with Gasteiger partial charge in [0.2, 0.25) is 5.91 Å². The Kier molecular flexibility index (Phi) is 5.13. The Bertz CT molecular complexity index is 474. The summed E-state index contributed by atoms with van der Waals surface area (Å²) in [6.07, 6.45) is 0. The van der Waals surface area contributed by atoms with Crippen molar-refractivity contribution in [3.63, 3.8) is 0 Å². The third-order valence-electron chi connectivity index (χ3n) is 3.18. The second-order valence-electron chi connectivity index (χ2n) is 5.78. The molecule has 0 aromatic heterocycles. The Morgan fingerprint density at radius 1 is 1.25 bits per heavy atom. The molecule has 5 nitrogen and oxygen atoms in total. The fraction of sp³-hybridized carbons (Fsp3) is 0.467. The Balaban J connectivity index is 2.61. The van der Waals surface area contributed by atoms with Gasteiger partial charge < -0.3 is 15.2 Å². The van der Waals surface area contributed by atoms with Crippen LogP contribution in [-0.4, -0.2) is 23.6 Å². The van der Waals surface area contributed by atoms with E-state index in [1.54, 1.807) is 24.3 Å². The molecule has 0 radical (unpaired) electrons. The molecule has 2 N–H and O–H groups in total. The minimum Gasteiger partial charge on any atom is -0.482 e. The Morgan fingerprint density at radius 2 is 1.80 bits per heavy atom. The molecule has 0 heterocycles. The number of hydrogen-bond acceptors (Lipinski definition) is 3. The average Bonchev–Trinajstić information content (AvgIpc) is 2.35. The van der Waals surface area contributed by atoms with Gasteiger partial charge in [0.15, 0.2) is 6.61 Å². The molecular weight excluding hydrogens is 258 g/mol. The van der Waals surface area contributed by atoms with Crippen LogP contribution in [0.5, 0.6) is 5.75 Å². The average molecular weight is 279 g/mol. The SMILES string of the molecule is CC(C(=O)Nc1ccc(OCC(=O)O)cc1)C(C)(C)C. The maximum atomic E-state index is 12.0. The molecule has 0 bridgehead atoms. The van der Waals surface area contributed by atoms with Crippen LogP contribution in [0.4, 0.5) is 5.69 Å². The molecule has 0 saturated carbocycles. The van der Waals surface area contributed by atoms with E-state index >= 15 is 0 Å². The van der Waals surface area contributed by atoms with Crippen LogP contribution in [0.25, 0.3) is 0 Å². The molecule has 1 aromatic carbocycles. The first kappa shape index (κ1) is 16.0. The van der Waals surface area contributed by atoms with Crippen LogP contribution in [0.2, 0.25) is 0 Å². The van der Waals surface area contributed by atoms with E-state index < -0.39 is 5.97 Å². The van der Waals surface area contributed by atoms with Crippen LogP contribution in [0.15, 0.2) is 24.3 Å². The summed E-state index contributed by atoms with van der Waals surface area (Å²) in [7, 11) is 0. The zero-order valence-corrected chi connectivity index (χ0v) is 12.3. The molecule has 0 aliphatic rings. The Hall–Kier alpha value is -2.04. The van der Waals surface area contributed by atoms with E-state index in [4.69, 9.17) is 9.84 Å². The molecular formula is C15H21NO4. The fourth-order valence-corrected chi connectivity index (χ4v) is 1.42. The summed E-state index contributed by atoms with van der Waals surface area (Å²) in [6.45, 7) is 7.55. The topological polar surface area (TPSA) is 75.6 Å². The number of rotatable bonds is 5. The van der Waals surface area contributed by atoms with Crippen molar-refractivity contribution in [1.29, 1.82) is 0 Å². The van der Waals surface area contributed by atoms with Crippen molar-refractivity contribution in [2.24, 2.45) is 11.3 Å². The third kappa shape index (κ3) is 4.91. The van der Waals surface area contributed by atoms with Gasteiger partial charge >= 0.3 is 5.97 Å². The van der Waals surface area contributed by atoms with Gasteiger partial charge in [-0.1, -0.05) is 27.7 Å². The number of carboxylic acid groups (broad SMARTS) is 1. The maximum Gasteiger partial charge on any atom is 0.341 e. The number of hydrogen-bond donors (Lipinski definition) is 2. The number of carbonyl (C=O) groups excluding carboxylic acids is 1. The molecule has 1 unspecified atom stereocenters. The number of ether oxygens (including phenoxy) is 1. The zero-order chi connectivity index (χ0) is 15.3. The number of nitrogens with one attached hydrogen (secondary N) is 1. The van der Waals surface area contributed by atoms with Gasteiger partial charge in [0, 0.05) is 11.6 Å². The third-order valence-corrected chi connectivity index (χ3v) is 3.18. The van der Waals surface area contributed by atoms with Crippen LogP contribution in [0.1, 0.15) is 27.7 Å². The number of anilines is 1. The lowest BCUT2D eigenvalue weighted by atomic mass is 9.81. The van der Waals surface area contributed by atoms with Crippen molar-refractivity contribution in [1.82, 2.24) is 0 Å². The van der Waals surface area contributed by atoms with Crippen molar-refractivity contribution >= 4 is 17.6 Å². The van der Waals surface area contributed by atoms with E-state index in [1.165, 1.54) is 0 Å². The van der Waals surface area contributed by atoms with Crippen molar-refractivity contribution in [3.05, 3.63) is 24.3 Å². The summed E-state index contributed by atoms with van der Waals surface area (Å²) in [5, 5.41) is 11.3. The van der Waals surface area contributed by atoms with Crippen LogP contribution in [0, 0.1) is 11.3 Å². The predicted molar refractivity (Wildman–Crippen MR) is 76.8 cm³/mol. The largest absolute Gasteiger partial charge is 0.482 e. The van der Waals surface area contributed by atoms with E-state index in [-0.39, 0.29) is 23.8 Å². The molecule has 0 spiro atoms. The van der Waals surface area contributed by atoms with Crippen molar-refractivity contribution < 1.29 is 19.4 Å². The van der Waals surface area contributed by atoms with Gasteiger partial charge in [-0.05, 0) is 29.7 Å². The molecule has 0 aliphatic heterocycles. The number of carbonyl (C=O) groups is 2. The summed E-state index contributed by atoms with van der Waals surface area (Å²) in [5.74, 6) is -0.738. The summed E-state index contributed by atoms with van der Waals surface area (Å²) in [6, 6.07) is 6.62. The predicted octanol–water partition coefficient (Wildman–Crippen LogP) is 2.77. The minimum absolute atomic E-state index is 0.0447. The summed E-state index contributed by atoms with van der Waals surface area (Å²) >= 11 is 0. The van der Waals surface area contributed by atoms with Gasteiger partial charge in [0.1, 0.15) is 5.75 Å². The van der Waals surface area contributed by atoms with E-state index in [9.17, 15) is 9.59 Å². The van der Waals surface area contributed by atoms with Gasteiger partial charge in [-0.15, -0.1) is 0 Å². The monoisotopic (exact) mass is 279 g/mol. The van der Waals surface area contributed by atoms with Gasteiger partial charge in [-0.2, -0.15) is 0 Å². The molecule has 20 heavy (non-hydrogen) atoms. The van der Waals surface area contributed by atoms with Crippen LogP contribution < -0.4 is 10.1 Å². The van der Waals surface area contributed by atoms with E-state index in [0.29, 0.717) is 11.4 Å². The highest BCUT2D eigenvalue weighted by molar-refractivity contribution is 5.92. The lowest BCUT2D eigenvalue weighted by Gasteiger charge is -2.26.